The lowest BCUT2D eigenvalue weighted by atomic mass is 9.67. The number of hydrogen-bond acceptors (Lipinski definition) is 2. The van der Waals surface area contributed by atoms with Crippen molar-refractivity contribution >= 4 is 5.97 Å². The minimum absolute atomic E-state index is 0.434. The van der Waals surface area contributed by atoms with Gasteiger partial charge in [-0.2, -0.15) is 0 Å². The van der Waals surface area contributed by atoms with Gasteiger partial charge in [-0.05, 0) is 44.4 Å². The number of carboxylic acids is 1. The minimum Gasteiger partial charge on any atom is -0.481 e. The van der Waals surface area contributed by atoms with Crippen molar-refractivity contribution in [3.63, 3.8) is 0 Å². The fourth-order valence-electron chi connectivity index (χ4n) is 3.29. The average Bonchev–Trinajstić information content (AvgIpc) is 2.42. The summed E-state index contributed by atoms with van der Waals surface area (Å²) in [5.74, 6) is 0.199. The van der Waals surface area contributed by atoms with E-state index in [1.54, 1.807) is 7.11 Å². The van der Waals surface area contributed by atoms with Gasteiger partial charge >= 0.3 is 5.97 Å². The third-order valence-electron chi connectivity index (χ3n) is 4.74. The van der Waals surface area contributed by atoms with Crippen molar-refractivity contribution in [1.29, 1.82) is 0 Å². The third-order valence-corrected chi connectivity index (χ3v) is 4.74. The lowest BCUT2D eigenvalue weighted by Gasteiger charge is -2.37. The van der Waals surface area contributed by atoms with Crippen LogP contribution in [0.25, 0.3) is 0 Å². The Hall–Kier alpha value is -0.570. The second-order valence-electron chi connectivity index (χ2n) is 6.12. The topological polar surface area (TPSA) is 46.5 Å². The first-order valence-electron chi connectivity index (χ1n) is 7.87. The van der Waals surface area contributed by atoms with Crippen LogP contribution in [0.15, 0.2) is 0 Å². The van der Waals surface area contributed by atoms with E-state index in [0.717, 1.165) is 57.5 Å². The van der Waals surface area contributed by atoms with Gasteiger partial charge in [-0.1, -0.05) is 32.6 Å². The fourth-order valence-corrected chi connectivity index (χ4v) is 3.29. The number of unbranched alkanes of at least 4 members (excludes halogenated alkanes) is 2. The highest BCUT2D eigenvalue weighted by Gasteiger charge is 2.40. The SMILES string of the molecule is CCCCC1CCC(CCCCOC)(C(=O)O)CC1. The van der Waals surface area contributed by atoms with Crippen molar-refractivity contribution in [2.24, 2.45) is 11.3 Å². The smallest absolute Gasteiger partial charge is 0.309 e. The summed E-state index contributed by atoms with van der Waals surface area (Å²) in [6, 6.07) is 0. The predicted octanol–water partition coefficient (Wildman–Crippen LogP) is 4.25. The Morgan fingerprint density at radius 2 is 1.95 bits per heavy atom. The summed E-state index contributed by atoms with van der Waals surface area (Å²) in [4.78, 5) is 11.6. The van der Waals surface area contributed by atoms with Crippen LogP contribution in [0.1, 0.15) is 71.1 Å². The lowest BCUT2D eigenvalue weighted by Crippen LogP contribution is -2.35. The van der Waals surface area contributed by atoms with Crippen LogP contribution in [-0.4, -0.2) is 24.8 Å². The maximum atomic E-state index is 11.6. The highest BCUT2D eigenvalue weighted by molar-refractivity contribution is 5.74. The number of methoxy groups -OCH3 is 1. The molecule has 1 aliphatic rings. The molecule has 0 aromatic rings. The molecular formula is C16H30O3. The third kappa shape index (κ3) is 5.13. The first-order chi connectivity index (χ1) is 9.14. The van der Waals surface area contributed by atoms with Crippen molar-refractivity contribution in [2.75, 3.05) is 13.7 Å². The van der Waals surface area contributed by atoms with E-state index in [2.05, 4.69) is 6.92 Å². The largest absolute Gasteiger partial charge is 0.481 e. The molecule has 0 spiro atoms. The zero-order valence-corrected chi connectivity index (χ0v) is 12.6. The molecule has 0 aliphatic heterocycles. The molecule has 1 rings (SSSR count). The van der Waals surface area contributed by atoms with Gasteiger partial charge in [0.25, 0.3) is 0 Å². The number of ether oxygens (including phenoxy) is 1. The van der Waals surface area contributed by atoms with Crippen molar-refractivity contribution in [2.45, 2.75) is 71.1 Å². The Morgan fingerprint density at radius 3 is 2.47 bits per heavy atom. The highest BCUT2D eigenvalue weighted by Crippen LogP contribution is 2.44. The first kappa shape index (κ1) is 16.5. The summed E-state index contributed by atoms with van der Waals surface area (Å²) < 4.78 is 5.04. The Labute approximate surface area is 117 Å². The van der Waals surface area contributed by atoms with E-state index in [1.165, 1.54) is 19.3 Å². The van der Waals surface area contributed by atoms with Gasteiger partial charge in [0.1, 0.15) is 0 Å². The zero-order chi connectivity index (χ0) is 14.1. The molecule has 1 N–H and O–H groups in total. The molecule has 1 saturated carbocycles. The van der Waals surface area contributed by atoms with Crippen molar-refractivity contribution < 1.29 is 14.6 Å². The first-order valence-corrected chi connectivity index (χ1v) is 7.87. The van der Waals surface area contributed by atoms with Gasteiger partial charge in [-0.25, -0.2) is 0 Å². The predicted molar refractivity (Wildman–Crippen MR) is 77.3 cm³/mol. The van der Waals surface area contributed by atoms with Crippen LogP contribution in [0.4, 0.5) is 0 Å². The van der Waals surface area contributed by atoms with Crippen LogP contribution in [-0.2, 0) is 9.53 Å². The Kier molecular flexibility index (Phi) is 7.44. The van der Waals surface area contributed by atoms with Gasteiger partial charge in [-0.3, -0.25) is 4.79 Å². The molecule has 0 heterocycles. The van der Waals surface area contributed by atoms with E-state index in [-0.39, 0.29) is 0 Å². The van der Waals surface area contributed by atoms with Crippen LogP contribution < -0.4 is 0 Å². The molecule has 0 atom stereocenters. The second kappa shape index (κ2) is 8.57. The Morgan fingerprint density at radius 1 is 1.26 bits per heavy atom. The Bertz CT molecular complexity index is 255. The van der Waals surface area contributed by atoms with Crippen molar-refractivity contribution in [1.82, 2.24) is 0 Å². The van der Waals surface area contributed by atoms with Gasteiger partial charge in [0.05, 0.1) is 5.41 Å². The molecule has 1 aliphatic carbocycles. The normalized spacial score (nSPS) is 27.4. The molecule has 3 heteroatoms. The molecule has 19 heavy (non-hydrogen) atoms. The van der Waals surface area contributed by atoms with Gasteiger partial charge in [0.15, 0.2) is 0 Å². The van der Waals surface area contributed by atoms with E-state index in [1.807, 2.05) is 0 Å². The second-order valence-corrected chi connectivity index (χ2v) is 6.12. The van der Waals surface area contributed by atoms with E-state index < -0.39 is 11.4 Å². The summed E-state index contributed by atoms with van der Waals surface area (Å²) >= 11 is 0. The summed E-state index contributed by atoms with van der Waals surface area (Å²) in [5.41, 5.74) is -0.434. The summed E-state index contributed by atoms with van der Waals surface area (Å²) in [6.07, 6.45) is 10.6. The summed E-state index contributed by atoms with van der Waals surface area (Å²) in [5, 5.41) is 9.58. The molecule has 112 valence electrons. The van der Waals surface area contributed by atoms with E-state index in [0.29, 0.717) is 0 Å². The minimum atomic E-state index is -0.571. The number of rotatable bonds is 9. The van der Waals surface area contributed by atoms with Crippen LogP contribution in [0.5, 0.6) is 0 Å². The zero-order valence-electron chi connectivity index (χ0n) is 12.6. The van der Waals surface area contributed by atoms with Crippen molar-refractivity contribution in [3.8, 4) is 0 Å². The molecule has 3 nitrogen and oxygen atoms in total. The number of hydrogen-bond donors (Lipinski definition) is 1. The molecule has 0 radical (unpaired) electrons. The van der Waals surface area contributed by atoms with Crippen LogP contribution in [0.2, 0.25) is 0 Å². The van der Waals surface area contributed by atoms with Gasteiger partial charge < -0.3 is 9.84 Å². The average molecular weight is 270 g/mol. The summed E-state index contributed by atoms with van der Waals surface area (Å²) in [6.45, 7) is 2.97. The molecule has 0 unspecified atom stereocenters. The number of carbonyl (C=O) groups is 1. The summed E-state index contributed by atoms with van der Waals surface area (Å²) in [7, 11) is 1.70. The lowest BCUT2D eigenvalue weighted by molar-refractivity contribution is -0.152. The van der Waals surface area contributed by atoms with E-state index >= 15 is 0 Å². The molecule has 0 aromatic carbocycles. The maximum Gasteiger partial charge on any atom is 0.309 e. The molecule has 0 bridgehead atoms. The highest BCUT2D eigenvalue weighted by atomic mass is 16.5. The van der Waals surface area contributed by atoms with E-state index in [4.69, 9.17) is 4.74 Å². The number of aliphatic carboxylic acids is 1. The van der Waals surface area contributed by atoms with Gasteiger partial charge in [0.2, 0.25) is 0 Å². The quantitative estimate of drug-likeness (QED) is 0.637. The van der Waals surface area contributed by atoms with Crippen molar-refractivity contribution in [3.05, 3.63) is 0 Å². The fraction of sp³-hybridized carbons (Fsp3) is 0.938. The standard InChI is InChI=1S/C16H30O3/c1-3-4-7-14-8-11-16(12-9-14,15(17)18)10-5-6-13-19-2/h14H,3-13H2,1-2H3,(H,17,18). The Balaban J connectivity index is 2.40. The van der Waals surface area contributed by atoms with Crippen LogP contribution in [0, 0.1) is 11.3 Å². The molecule has 0 saturated heterocycles. The van der Waals surface area contributed by atoms with Crippen LogP contribution in [0.3, 0.4) is 0 Å². The molecule has 1 fully saturated rings. The molecular weight excluding hydrogens is 240 g/mol. The molecule has 0 aromatic heterocycles. The van der Waals surface area contributed by atoms with Crippen LogP contribution >= 0.6 is 0 Å². The number of carboxylic acid groups (broad SMARTS) is 1. The monoisotopic (exact) mass is 270 g/mol. The maximum absolute atomic E-state index is 11.6. The van der Waals surface area contributed by atoms with E-state index in [9.17, 15) is 9.90 Å². The van der Waals surface area contributed by atoms with Gasteiger partial charge in [-0.15, -0.1) is 0 Å². The molecule has 0 amide bonds. The van der Waals surface area contributed by atoms with Gasteiger partial charge in [0, 0.05) is 13.7 Å².